The van der Waals surface area contributed by atoms with Crippen LogP contribution in [0.3, 0.4) is 0 Å². The summed E-state index contributed by atoms with van der Waals surface area (Å²) in [4.78, 5) is 61.9. The third-order valence-electron chi connectivity index (χ3n) is 3.92. The Morgan fingerprint density at radius 2 is 1.28 bits per heavy atom. The molecule has 0 saturated heterocycles. The average molecular weight is 463 g/mol. The number of aliphatic hydroxyl groups is 2. The highest BCUT2D eigenvalue weighted by Gasteiger charge is 2.30. The van der Waals surface area contributed by atoms with Crippen molar-refractivity contribution in [3.8, 4) is 0 Å². The number of aliphatic hydroxyl groups excluding tert-OH is 2. The van der Waals surface area contributed by atoms with Gasteiger partial charge < -0.3 is 53.6 Å². The minimum atomic E-state index is -1.61. The summed E-state index contributed by atoms with van der Waals surface area (Å²) in [5.74, 6) is -6.10. The molecular formula is C16H29N7O9. The maximum Gasteiger partial charge on any atom is 0.326 e. The molecule has 4 atom stereocenters. The predicted molar refractivity (Wildman–Crippen MR) is 108 cm³/mol. The molecule has 0 aliphatic rings. The van der Waals surface area contributed by atoms with Crippen LogP contribution in [0.1, 0.15) is 19.3 Å². The van der Waals surface area contributed by atoms with Crippen molar-refractivity contribution >= 4 is 35.6 Å². The number of hydrogen-bond acceptors (Lipinski definition) is 9. The van der Waals surface area contributed by atoms with Crippen LogP contribution in [0.25, 0.3) is 0 Å². The van der Waals surface area contributed by atoms with E-state index in [1.807, 2.05) is 10.6 Å². The second-order valence-electron chi connectivity index (χ2n) is 6.54. The Morgan fingerprint density at radius 1 is 0.812 bits per heavy atom. The first-order valence-corrected chi connectivity index (χ1v) is 9.31. The van der Waals surface area contributed by atoms with Crippen molar-refractivity contribution in [3.05, 3.63) is 0 Å². The summed E-state index contributed by atoms with van der Waals surface area (Å²) in [5.41, 5.74) is 15.7. The molecule has 0 aliphatic heterocycles. The Morgan fingerprint density at radius 3 is 1.69 bits per heavy atom. The maximum absolute atomic E-state index is 12.3. The highest BCUT2D eigenvalue weighted by molar-refractivity contribution is 5.94. The third kappa shape index (κ3) is 11.0. The first-order chi connectivity index (χ1) is 14.9. The standard InChI is InChI=1S/C16H29N7O9/c17-7(4-11(26)27)12(28)22-9(5-24)14(30)23-10(6-25)13(29)21-8(15(31)32)2-1-3-20-16(18)19/h7-10,24-25H,1-6,17H2,(H,21,29)(H,22,28)(H,23,30)(H,26,27)(H,31,32)(H4,18,19,20). The minimum Gasteiger partial charge on any atom is -0.481 e. The number of carbonyl (C=O) groups is 5. The van der Waals surface area contributed by atoms with E-state index in [1.165, 1.54) is 0 Å². The van der Waals surface area contributed by atoms with Gasteiger partial charge in [-0.1, -0.05) is 0 Å². The lowest BCUT2D eigenvalue weighted by atomic mass is 10.1. The van der Waals surface area contributed by atoms with Crippen molar-refractivity contribution in [2.45, 2.75) is 43.4 Å². The number of hydrogen-bond donors (Lipinski definition) is 10. The van der Waals surface area contributed by atoms with Gasteiger partial charge in [-0.05, 0) is 12.8 Å². The van der Waals surface area contributed by atoms with Gasteiger partial charge in [0.1, 0.15) is 18.1 Å². The normalized spacial score (nSPS) is 14.2. The van der Waals surface area contributed by atoms with E-state index < -0.39 is 73.5 Å². The molecule has 32 heavy (non-hydrogen) atoms. The number of aliphatic carboxylic acids is 2. The van der Waals surface area contributed by atoms with Gasteiger partial charge >= 0.3 is 11.9 Å². The number of rotatable bonds is 15. The van der Waals surface area contributed by atoms with Gasteiger partial charge in [-0.25, -0.2) is 4.79 Å². The van der Waals surface area contributed by atoms with Gasteiger partial charge in [0.2, 0.25) is 17.7 Å². The quantitative estimate of drug-likeness (QED) is 0.0617. The summed E-state index contributed by atoms with van der Waals surface area (Å²) in [6.07, 6.45) is -0.575. The molecule has 0 saturated carbocycles. The van der Waals surface area contributed by atoms with E-state index in [0.717, 1.165) is 0 Å². The van der Waals surface area contributed by atoms with Crippen LogP contribution in [0.15, 0.2) is 4.99 Å². The maximum atomic E-state index is 12.3. The van der Waals surface area contributed by atoms with Crippen molar-refractivity contribution in [2.24, 2.45) is 22.2 Å². The van der Waals surface area contributed by atoms with Crippen molar-refractivity contribution in [1.82, 2.24) is 16.0 Å². The van der Waals surface area contributed by atoms with Crippen molar-refractivity contribution < 1.29 is 44.4 Å². The summed E-state index contributed by atoms with van der Waals surface area (Å²) in [6, 6.07) is -6.09. The van der Waals surface area contributed by atoms with Gasteiger partial charge in [0.15, 0.2) is 5.96 Å². The molecule has 16 nitrogen and oxygen atoms in total. The summed E-state index contributed by atoms with van der Waals surface area (Å²) < 4.78 is 0. The van der Waals surface area contributed by atoms with Gasteiger partial charge in [-0.2, -0.15) is 0 Å². The number of carbonyl (C=O) groups excluding carboxylic acids is 3. The summed E-state index contributed by atoms with van der Waals surface area (Å²) in [6.45, 7) is -1.74. The number of nitrogens with one attached hydrogen (secondary N) is 3. The Balaban J connectivity index is 4.97. The fraction of sp³-hybridized carbons (Fsp3) is 0.625. The van der Waals surface area contributed by atoms with Crippen LogP contribution in [-0.2, 0) is 24.0 Å². The fourth-order valence-electron chi connectivity index (χ4n) is 2.25. The zero-order valence-electron chi connectivity index (χ0n) is 17.1. The Bertz CT molecular complexity index is 712. The molecule has 0 aromatic rings. The number of nitrogens with two attached hydrogens (primary N) is 3. The summed E-state index contributed by atoms with van der Waals surface area (Å²) in [7, 11) is 0. The molecule has 182 valence electrons. The average Bonchev–Trinajstić information content (AvgIpc) is 2.70. The Hall–Kier alpha value is -3.50. The summed E-state index contributed by atoms with van der Waals surface area (Å²) >= 11 is 0. The highest BCUT2D eigenvalue weighted by atomic mass is 16.4. The van der Waals surface area contributed by atoms with Crippen LogP contribution in [0.2, 0.25) is 0 Å². The van der Waals surface area contributed by atoms with E-state index in [4.69, 9.17) is 22.3 Å². The number of carboxylic acids is 2. The molecule has 0 bridgehead atoms. The van der Waals surface area contributed by atoms with Crippen LogP contribution < -0.4 is 33.2 Å². The van der Waals surface area contributed by atoms with Crippen LogP contribution in [0, 0.1) is 0 Å². The number of carboxylic acid groups (broad SMARTS) is 2. The Labute approximate surface area is 182 Å². The van der Waals surface area contributed by atoms with Gasteiger partial charge in [0, 0.05) is 6.54 Å². The molecule has 0 spiro atoms. The first-order valence-electron chi connectivity index (χ1n) is 9.31. The molecule has 4 unspecified atom stereocenters. The van der Waals surface area contributed by atoms with Crippen molar-refractivity contribution in [3.63, 3.8) is 0 Å². The fourth-order valence-corrected chi connectivity index (χ4v) is 2.25. The van der Waals surface area contributed by atoms with Crippen LogP contribution in [0.4, 0.5) is 0 Å². The van der Waals surface area contributed by atoms with E-state index in [-0.39, 0.29) is 25.3 Å². The second kappa shape index (κ2) is 14.5. The molecule has 0 aromatic carbocycles. The summed E-state index contributed by atoms with van der Waals surface area (Å²) in [5, 5.41) is 42.8. The number of guanidine groups is 1. The SMILES string of the molecule is NC(N)=NCCCC(NC(=O)C(CO)NC(=O)C(CO)NC(=O)C(N)CC(=O)O)C(=O)O. The number of amides is 3. The Kier molecular flexibility index (Phi) is 12.9. The molecule has 0 radical (unpaired) electrons. The molecule has 0 heterocycles. The molecule has 0 fully saturated rings. The third-order valence-corrected chi connectivity index (χ3v) is 3.92. The smallest absolute Gasteiger partial charge is 0.326 e. The largest absolute Gasteiger partial charge is 0.481 e. The monoisotopic (exact) mass is 463 g/mol. The lowest BCUT2D eigenvalue weighted by Gasteiger charge is -2.23. The predicted octanol–water partition coefficient (Wildman–Crippen LogP) is -5.63. The lowest BCUT2D eigenvalue weighted by Crippen LogP contribution is -2.59. The van der Waals surface area contributed by atoms with E-state index in [2.05, 4.69) is 10.3 Å². The zero-order valence-corrected chi connectivity index (χ0v) is 17.1. The van der Waals surface area contributed by atoms with E-state index in [0.29, 0.717) is 0 Å². The lowest BCUT2D eigenvalue weighted by molar-refractivity contribution is -0.142. The van der Waals surface area contributed by atoms with Gasteiger partial charge in [0.25, 0.3) is 0 Å². The van der Waals surface area contributed by atoms with Crippen LogP contribution in [-0.4, -0.2) is 100.0 Å². The number of nitrogens with zero attached hydrogens (tertiary/aromatic N) is 1. The number of aliphatic imine (C=N–C) groups is 1. The van der Waals surface area contributed by atoms with Crippen LogP contribution >= 0.6 is 0 Å². The molecule has 0 aliphatic carbocycles. The van der Waals surface area contributed by atoms with Gasteiger partial charge in [-0.15, -0.1) is 0 Å². The molecule has 0 aromatic heterocycles. The second-order valence-corrected chi connectivity index (χ2v) is 6.54. The van der Waals surface area contributed by atoms with E-state index >= 15 is 0 Å². The van der Waals surface area contributed by atoms with Crippen molar-refractivity contribution in [1.29, 1.82) is 0 Å². The molecule has 0 rings (SSSR count). The minimum absolute atomic E-state index is 0.0548. The van der Waals surface area contributed by atoms with Gasteiger partial charge in [-0.3, -0.25) is 24.2 Å². The van der Waals surface area contributed by atoms with Crippen LogP contribution in [0.5, 0.6) is 0 Å². The molecule has 16 heteroatoms. The highest BCUT2D eigenvalue weighted by Crippen LogP contribution is 2.00. The topological polar surface area (TPSA) is 293 Å². The van der Waals surface area contributed by atoms with E-state index in [9.17, 15) is 39.3 Å². The molecule has 3 amide bonds. The molecular weight excluding hydrogens is 434 g/mol. The van der Waals surface area contributed by atoms with E-state index in [1.54, 1.807) is 0 Å². The zero-order chi connectivity index (χ0) is 24.8. The molecule has 13 N–H and O–H groups in total. The first kappa shape index (κ1) is 28.5. The van der Waals surface area contributed by atoms with Crippen molar-refractivity contribution in [2.75, 3.05) is 19.8 Å². The van der Waals surface area contributed by atoms with Gasteiger partial charge in [0.05, 0.1) is 25.7 Å².